The highest BCUT2D eigenvalue weighted by atomic mass is 32.2. The van der Waals surface area contributed by atoms with E-state index < -0.39 is 0 Å². The minimum absolute atomic E-state index is 1.16. The Hall–Kier alpha value is -0.630. The van der Waals surface area contributed by atoms with Crippen LogP contribution in [0.1, 0.15) is 27.2 Å². The fourth-order valence-electron chi connectivity index (χ4n) is 0.743. The van der Waals surface area contributed by atoms with Gasteiger partial charge in [0.2, 0.25) is 0 Å². The molecule has 0 fully saturated rings. The summed E-state index contributed by atoms with van der Waals surface area (Å²) in [5, 5.41) is 0. The predicted octanol–water partition coefficient (Wildman–Crippen LogP) is 4.18. The van der Waals surface area contributed by atoms with E-state index in [1.54, 1.807) is 11.9 Å². The highest BCUT2D eigenvalue weighted by Crippen LogP contribution is 2.11. The van der Waals surface area contributed by atoms with Crippen LogP contribution in [0.4, 0.5) is 5.69 Å². The molecule has 0 bridgehead atoms. The predicted molar refractivity (Wildman–Crippen MR) is 64.2 cm³/mol. The minimum atomic E-state index is 1.16. The lowest BCUT2D eigenvalue weighted by Crippen LogP contribution is -1.86. The molecule has 1 N–H and O–H groups in total. The van der Waals surface area contributed by atoms with Crippen molar-refractivity contribution in [1.82, 2.24) is 0 Å². The third kappa shape index (κ3) is 6.52. The van der Waals surface area contributed by atoms with Gasteiger partial charge in [0.15, 0.2) is 0 Å². The first-order valence-corrected chi connectivity index (χ1v) is 5.85. The van der Waals surface area contributed by atoms with Gasteiger partial charge in [0.05, 0.1) is 0 Å². The smallest absolute Gasteiger partial charge is 0.0440 e. The SMILES string of the molecule is CC.CCCSNc1ccccc1. The van der Waals surface area contributed by atoms with Crippen LogP contribution in [0.25, 0.3) is 0 Å². The topological polar surface area (TPSA) is 12.0 Å². The summed E-state index contributed by atoms with van der Waals surface area (Å²) in [6.45, 7) is 6.18. The van der Waals surface area contributed by atoms with Crippen molar-refractivity contribution in [3.63, 3.8) is 0 Å². The van der Waals surface area contributed by atoms with E-state index in [0.717, 1.165) is 5.75 Å². The molecule has 1 rings (SSSR count). The van der Waals surface area contributed by atoms with E-state index in [2.05, 4.69) is 23.8 Å². The molecular weight excluding hydrogens is 178 g/mol. The van der Waals surface area contributed by atoms with Gasteiger partial charge in [0.1, 0.15) is 0 Å². The summed E-state index contributed by atoms with van der Waals surface area (Å²) in [5.41, 5.74) is 1.19. The van der Waals surface area contributed by atoms with Crippen LogP contribution in [0.15, 0.2) is 30.3 Å². The molecule has 0 aromatic heterocycles. The summed E-state index contributed by atoms with van der Waals surface area (Å²) in [4.78, 5) is 0. The maximum atomic E-state index is 3.26. The van der Waals surface area contributed by atoms with Gasteiger partial charge < -0.3 is 4.72 Å². The maximum Gasteiger partial charge on any atom is 0.0440 e. The number of benzene rings is 1. The number of anilines is 1. The molecule has 0 unspecified atom stereocenters. The van der Waals surface area contributed by atoms with Gasteiger partial charge in [-0.3, -0.25) is 0 Å². The van der Waals surface area contributed by atoms with E-state index in [1.165, 1.54) is 12.1 Å². The number of nitrogens with one attached hydrogen (secondary N) is 1. The standard InChI is InChI=1S/C9H13NS.C2H6/c1-2-8-11-10-9-6-4-3-5-7-9;1-2/h3-7,10H,2,8H2,1H3;1-2H3. The van der Waals surface area contributed by atoms with E-state index in [-0.39, 0.29) is 0 Å². The number of hydrogen-bond donors (Lipinski definition) is 1. The van der Waals surface area contributed by atoms with Crippen LogP contribution in [0, 0.1) is 0 Å². The third-order valence-electron chi connectivity index (χ3n) is 1.27. The molecule has 0 spiro atoms. The Kier molecular flexibility index (Phi) is 9.00. The average molecular weight is 197 g/mol. The molecule has 0 atom stereocenters. The molecule has 0 aliphatic rings. The highest BCUT2D eigenvalue weighted by molar-refractivity contribution is 8.00. The Balaban J connectivity index is 0.000000671. The van der Waals surface area contributed by atoms with E-state index >= 15 is 0 Å². The normalized spacial score (nSPS) is 8.54. The van der Waals surface area contributed by atoms with E-state index in [9.17, 15) is 0 Å². The molecule has 0 heterocycles. The third-order valence-corrected chi connectivity index (χ3v) is 2.26. The lowest BCUT2D eigenvalue weighted by atomic mass is 10.3. The van der Waals surface area contributed by atoms with Crippen LogP contribution < -0.4 is 4.72 Å². The zero-order valence-electron chi connectivity index (χ0n) is 8.71. The Morgan fingerprint density at radius 3 is 2.31 bits per heavy atom. The van der Waals surface area contributed by atoms with Gasteiger partial charge in [-0.25, -0.2) is 0 Å². The molecule has 1 nitrogen and oxygen atoms in total. The van der Waals surface area contributed by atoms with Crippen molar-refractivity contribution in [2.75, 3.05) is 10.5 Å². The van der Waals surface area contributed by atoms with E-state index in [4.69, 9.17) is 0 Å². The lowest BCUT2D eigenvalue weighted by molar-refractivity contribution is 1.11. The summed E-state index contributed by atoms with van der Waals surface area (Å²) >= 11 is 1.76. The highest BCUT2D eigenvalue weighted by Gasteiger charge is 1.86. The summed E-state index contributed by atoms with van der Waals surface area (Å²) in [5.74, 6) is 1.16. The Morgan fingerprint density at radius 2 is 1.77 bits per heavy atom. The summed E-state index contributed by atoms with van der Waals surface area (Å²) in [6, 6.07) is 10.2. The summed E-state index contributed by atoms with van der Waals surface area (Å²) in [7, 11) is 0. The molecule has 1 aromatic rings. The van der Waals surface area contributed by atoms with Crippen molar-refractivity contribution in [1.29, 1.82) is 0 Å². The van der Waals surface area contributed by atoms with Crippen LogP contribution in [0.2, 0.25) is 0 Å². The average Bonchev–Trinajstić information content (AvgIpc) is 2.23. The van der Waals surface area contributed by atoms with Crippen molar-refractivity contribution in [2.45, 2.75) is 27.2 Å². The zero-order valence-corrected chi connectivity index (χ0v) is 9.53. The Morgan fingerprint density at radius 1 is 1.15 bits per heavy atom. The summed E-state index contributed by atoms with van der Waals surface area (Å²) in [6.07, 6.45) is 1.21. The first kappa shape index (κ1) is 12.4. The molecule has 0 saturated carbocycles. The number of rotatable bonds is 4. The monoisotopic (exact) mass is 197 g/mol. The minimum Gasteiger partial charge on any atom is -0.330 e. The van der Waals surface area contributed by atoms with Gasteiger partial charge in [-0.2, -0.15) is 0 Å². The Bertz CT molecular complexity index is 187. The molecule has 0 saturated heterocycles. The molecule has 74 valence electrons. The molecular formula is C11H19NS. The molecule has 0 amide bonds. The fraction of sp³-hybridized carbons (Fsp3) is 0.455. The van der Waals surface area contributed by atoms with E-state index in [0.29, 0.717) is 0 Å². The van der Waals surface area contributed by atoms with Crippen molar-refractivity contribution in [3.05, 3.63) is 30.3 Å². The van der Waals surface area contributed by atoms with Crippen LogP contribution in [0.3, 0.4) is 0 Å². The fourth-order valence-corrected chi connectivity index (χ4v) is 1.35. The number of hydrogen-bond acceptors (Lipinski definition) is 2. The largest absolute Gasteiger partial charge is 0.330 e. The first-order chi connectivity index (χ1) is 6.43. The molecule has 0 aliphatic heterocycles. The van der Waals surface area contributed by atoms with Gasteiger partial charge in [0, 0.05) is 11.4 Å². The van der Waals surface area contributed by atoms with Crippen molar-refractivity contribution < 1.29 is 0 Å². The van der Waals surface area contributed by atoms with Crippen LogP contribution in [-0.2, 0) is 0 Å². The van der Waals surface area contributed by atoms with Gasteiger partial charge in [0.25, 0.3) is 0 Å². The molecule has 1 aromatic carbocycles. The van der Waals surface area contributed by atoms with Gasteiger partial charge >= 0.3 is 0 Å². The van der Waals surface area contributed by atoms with Crippen molar-refractivity contribution in [3.8, 4) is 0 Å². The van der Waals surface area contributed by atoms with Crippen LogP contribution >= 0.6 is 11.9 Å². The molecule has 0 radical (unpaired) electrons. The quantitative estimate of drug-likeness (QED) is 0.574. The second kappa shape index (κ2) is 9.46. The van der Waals surface area contributed by atoms with E-state index in [1.807, 2.05) is 32.0 Å². The van der Waals surface area contributed by atoms with Crippen LogP contribution in [-0.4, -0.2) is 5.75 Å². The zero-order chi connectivity index (χ0) is 9.94. The Labute approximate surface area is 86.1 Å². The molecule has 2 heteroatoms. The molecule has 0 aliphatic carbocycles. The second-order valence-electron chi connectivity index (χ2n) is 2.32. The second-order valence-corrected chi connectivity index (χ2v) is 3.22. The number of para-hydroxylation sites is 1. The van der Waals surface area contributed by atoms with Gasteiger partial charge in [-0.15, -0.1) is 0 Å². The lowest BCUT2D eigenvalue weighted by Gasteiger charge is -2.02. The summed E-state index contributed by atoms with van der Waals surface area (Å²) < 4.78 is 3.26. The maximum absolute atomic E-state index is 3.26. The first-order valence-electron chi connectivity index (χ1n) is 4.86. The van der Waals surface area contributed by atoms with Crippen molar-refractivity contribution in [2.24, 2.45) is 0 Å². The van der Waals surface area contributed by atoms with Crippen molar-refractivity contribution >= 4 is 17.6 Å². The van der Waals surface area contributed by atoms with Gasteiger partial charge in [-0.05, 0) is 18.6 Å². The molecule has 13 heavy (non-hydrogen) atoms. The van der Waals surface area contributed by atoms with Crippen LogP contribution in [0.5, 0.6) is 0 Å². The van der Waals surface area contributed by atoms with Gasteiger partial charge in [-0.1, -0.05) is 50.9 Å².